The van der Waals surface area contributed by atoms with Crippen LogP contribution in [0, 0.1) is 13.8 Å². The second kappa shape index (κ2) is 4.71. The van der Waals surface area contributed by atoms with Crippen molar-refractivity contribution in [3.05, 3.63) is 40.0 Å². The molecule has 1 aromatic carbocycles. The molecule has 1 aromatic heterocycles. The first-order chi connectivity index (χ1) is 8.06. The third-order valence-electron chi connectivity index (χ3n) is 2.27. The average molecular weight is 294 g/mol. The van der Waals surface area contributed by atoms with Crippen LogP contribution in [0.25, 0.3) is 0 Å². The molecule has 4 nitrogen and oxygen atoms in total. The van der Waals surface area contributed by atoms with Crippen molar-refractivity contribution >= 4 is 21.7 Å². The third kappa shape index (κ3) is 2.74. The smallest absolute Gasteiger partial charge is 0.323 e. The molecule has 0 bridgehead atoms. The topological polar surface area (TPSA) is 61.0 Å². The summed E-state index contributed by atoms with van der Waals surface area (Å²) in [6.07, 6.45) is 1.57. The number of aromatic nitrogens is 2. The molecule has 0 unspecified atom stereocenters. The van der Waals surface area contributed by atoms with Crippen LogP contribution in [0.5, 0.6) is 11.8 Å². The molecule has 5 heteroatoms. The van der Waals surface area contributed by atoms with E-state index in [4.69, 9.17) is 10.5 Å². The molecule has 0 radical (unpaired) electrons. The summed E-state index contributed by atoms with van der Waals surface area (Å²) >= 11 is 3.50. The van der Waals surface area contributed by atoms with Crippen molar-refractivity contribution in [2.45, 2.75) is 13.8 Å². The molecule has 1 heterocycles. The fourth-order valence-electron chi connectivity index (χ4n) is 1.47. The predicted molar refractivity (Wildman–Crippen MR) is 70.1 cm³/mol. The van der Waals surface area contributed by atoms with E-state index in [-0.39, 0.29) is 6.01 Å². The average Bonchev–Trinajstić information content (AvgIpc) is 2.26. The minimum Gasteiger partial charge on any atom is -0.424 e. The molecule has 0 aliphatic carbocycles. The Morgan fingerprint density at radius 2 is 1.88 bits per heavy atom. The van der Waals surface area contributed by atoms with E-state index in [1.54, 1.807) is 12.3 Å². The molecular formula is C12H12BrN3O. The molecule has 0 fully saturated rings. The first-order valence-electron chi connectivity index (χ1n) is 5.09. The van der Waals surface area contributed by atoms with E-state index >= 15 is 0 Å². The maximum absolute atomic E-state index is 5.56. The van der Waals surface area contributed by atoms with Crippen LogP contribution in [-0.2, 0) is 0 Å². The van der Waals surface area contributed by atoms with Crippen LogP contribution in [0.1, 0.15) is 11.1 Å². The zero-order valence-electron chi connectivity index (χ0n) is 9.57. The van der Waals surface area contributed by atoms with E-state index in [0.29, 0.717) is 11.6 Å². The van der Waals surface area contributed by atoms with Crippen LogP contribution < -0.4 is 10.5 Å². The van der Waals surface area contributed by atoms with Gasteiger partial charge in [0.1, 0.15) is 11.6 Å². The first-order valence-corrected chi connectivity index (χ1v) is 5.88. The van der Waals surface area contributed by atoms with Gasteiger partial charge in [-0.3, -0.25) is 0 Å². The van der Waals surface area contributed by atoms with Gasteiger partial charge in [0, 0.05) is 10.7 Å². The van der Waals surface area contributed by atoms with Crippen molar-refractivity contribution in [3.8, 4) is 11.8 Å². The lowest BCUT2D eigenvalue weighted by atomic mass is 10.1. The number of benzene rings is 1. The maximum atomic E-state index is 5.56. The van der Waals surface area contributed by atoms with E-state index in [2.05, 4.69) is 25.9 Å². The van der Waals surface area contributed by atoms with Crippen LogP contribution in [0.4, 0.5) is 5.82 Å². The Balaban J connectivity index is 2.31. The molecule has 0 atom stereocenters. The Bertz CT molecular complexity index is 534. The number of nitrogens with zero attached hydrogens (tertiary/aromatic N) is 2. The predicted octanol–water partition coefficient (Wildman–Crippen LogP) is 3.23. The summed E-state index contributed by atoms with van der Waals surface area (Å²) in [5.74, 6) is 1.09. The van der Waals surface area contributed by atoms with Gasteiger partial charge in [-0.1, -0.05) is 15.9 Å². The molecule has 0 aliphatic heterocycles. The van der Waals surface area contributed by atoms with Crippen molar-refractivity contribution < 1.29 is 4.74 Å². The Morgan fingerprint density at radius 1 is 1.24 bits per heavy atom. The van der Waals surface area contributed by atoms with Crippen LogP contribution >= 0.6 is 15.9 Å². The largest absolute Gasteiger partial charge is 0.424 e. The van der Waals surface area contributed by atoms with E-state index in [1.807, 2.05) is 26.0 Å². The van der Waals surface area contributed by atoms with E-state index in [0.717, 1.165) is 15.6 Å². The van der Waals surface area contributed by atoms with Gasteiger partial charge in [0.15, 0.2) is 0 Å². The molecule has 88 valence electrons. The van der Waals surface area contributed by atoms with Crippen LogP contribution in [0.15, 0.2) is 28.9 Å². The highest BCUT2D eigenvalue weighted by Crippen LogP contribution is 2.28. The normalized spacial score (nSPS) is 10.3. The fourth-order valence-corrected chi connectivity index (χ4v) is 1.70. The van der Waals surface area contributed by atoms with E-state index in [9.17, 15) is 0 Å². The van der Waals surface area contributed by atoms with Gasteiger partial charge < -0.3 is 10.5 Å². The molecular weight excluding hydrogens is 282 g/mol. The van der Waals surface area contributed by atoms with Crippen LogP contribution in [-0.4, -0.2) is 9.97 Å². The minimum atomic E-state index is 0.256. The molecule has 2 aromatic rings. The lowest BCUT2D eigenvalue weighted by Crippen LogP contribution is -1.96. The van der Waals surface area contributed by atoms with Crippen molar-refractivity contribution in [3.63, 3.8) is 0 Å². The van der Waals surface area contributed by atoms with Crippen molar-refractivity contribution in [1.82, 2.24) is 9.97 Å². The number of nitrogen functional groups attached to an aromatic ring is 1. The van der Waals surface area contributed by atoms with Gasteiger partial charge in [-0.05, 0) is 43.2 Å². The number of hydrogen-bond acceptors (Lipinski definition) is 4. The zero-order valence-corrected chi connectivity index (χ0v) is 11.2. The molecule has 17 heavy (non-hydrogen) atoms. The van der Waals surface area contributed by atoms with Gasteiger partial charge in [-0.25, -0.2) is 4.98 Å². The lowest BCUT2D eigenvalue weighted by Gasteiger charge is -2.08. The van der Waals surface area contributed by atoms with Gasteiger partial charge in [-0.15, -0.1) is 0 Å². The van der Waals surface area contributed by atoms with E-state index < -0.39 is 0 Å². The number of aryl methyl sites for hydroxylation is 2. The summed E-state index contributed by atoms with van der Waals surface area (Å²) in [4.78, 5) is 7.97. The molecule has 2 rings (SSSR count). The second-order valence-corrected chi connectivity index (χ2v) is 4.53. The van der Waals surface area contributed by atoms with Crippen molar-refractivity contribution in [1.29, 1.82) is 0 Å². The molecule has 0 saturated heterocycles. The Hall–Kier alpha value is -1.62. The van der Waals surface area contributed by atoms with Gasteiger partial charge in [0.25, 0.3) is 0 Å². The Labute approximate surface area is 108 Å². The number of nitrogens with two attached hydrogens (primary N) is 1. The van der Waals surface area contributed by atoms with Crippen molar-refractivity contribution in [2.24, 2.45) is 0 Å². The molecule has 0 aliphatic rings. The van der Waals surface area contributed by atoms with Gasteiger partial charge in [0.2, 0.25) is 0 Å². The summed E-state index contributed by atoms with van der Waals surface area (Å²) in [6.45, 7) is 4.01. The quantitative estimate of drug-likeness (QED) is 0.923. The van der Waals surface area contributed by atoms with Crippen LogP contribution in [0.2, 0.25) is 0 Å². The molecule has 0 amide bonds. The summed E-state index contributed by atoms with van der Waals surface area (Å²) in [5.41, 5.74) is 7.76. The maximum Gasteiger partial charge on any atom is 0.323 e. The SMILES string of the molecule is Cc1cc(Oc2nccc(N)n2)cc(C)c1Br. The Morgan fingerprint density at radius 3 is 2.47 bits per heavy atom. The second-order valence-electron chi connectivity index (χ2n) is 3.74. The Kier molecular flexibility index (Phi) is 3.28. The standard InChI is InChI=1S/C12H12BrN3O/c1-7-5-9(6-8(2)11(7)13)17-12-15-4-3-10(14)16-12/h3-6H,1-2H3,(H2,14,15,16). The monoisotopic (exact) mass is 293 g/mol. The van der Waals surface area contributed by atoms with Gasteiger partial charge in [-0.2, -0.15) is 4.98 Å². The summed E-state index contributed by atoms with van der Waals surface area (Å²) in [6, 6.07) is 5.71. The van der Waals surface area contributed by atoms with E-state index in [1.165, 1.54) is 0 Å². The third-order valence-corrected chi connectivity index (χ3v) is 3.52. The summed E-state index contributed by atoms with van der Waals surface area (Å²) < 4.78 is 6.63. The highest BCUT2D eigenvalue weighted by molar-refractivity contribution is 9.10. The number of ether oxygens (including phenoxy) is 1. The van der Waals surface area contributed by atoms with Gasteiger partial charge in [0.05, 0.1) is 0 Å². The molecule has 2 N–H and O–H groups in total. The highest BCUT2D eigenvalue weighted by atomic mass is 79.9. The van der Waals surface area contributed by atoms with Crippen molar-refractivity contribution in [2.75, 3.05) is 5.73 Å². The summed E-state index contributed by atoms with van der Waals surface area (Å²) in [7, 11) is 0. The fraction of sp³-hybridized carbons (Fsp3) is 0.167. The first kappa shape index (κ1) is 11.9. The van der Waals surface area contributed by atoms with Gasteiger partial charge >= 0.3 is 6.01 Å². The molecule has 0 spiro atoms. The number of anilines is 1. The lowest BCUT2D eigenvalue weighted by molar-refractivity contribution is 0.442. The van der Waals surface area contributed by atoms with Crippen LogP contribution in [0.3, 0.4) is 0 Å². The summed E-state index contributed by atoms with van der Waals surface area (Å²) in [5, 5.41) is 0. The number of halogens is 1. The zero-order chi connectivity index (χ0) is 12.4. The highest BCUT2D eigenvalue weighted by Gasteiger charge is 2.05. The minimum absolute atomic E-state index is 0.256. The number of hydrogen-bond donors (Lipinski definition) is 1. The molecule has 0 saturated carbocycles. The number of rotatable bonds is 2.